The van der Waals surface area contributed by atoms with Crippen molar-refractivity contribution in [3.63, 3.8) is 0 Å². The van der Waals surface area contributed by atoms with Crippen LogP contribution in [0.25, 0.3) is 0 Å². The lowest BCUT2D eigenvalue weighted by Gasteiger charge is -2.19. The lowest BCUT2D eigenvalue weighted by molar-refractivity contribution is -0.122. The van der Waals surface area contributed by atoms with Gasteiger partial charge in [0.25, 0.3) is 0 Å². The maximum absolute atomic E-state index is 11.5. The SMILES string of the molecule is CCC(NCCNC(=O)C1CC1)c1cc(Br)ccc1O. The Balaban J connectivity index is 1.82. The highest BCUT2D eigenvalue weighted by Crippen LogP contribution is 2.29. The third-order valence-corrected chi connectivity index (χ3v) is 4.03. The summed E-state index contributed by atoms with van der Waals surface area (Å²) >= 11 is 3.42. The molecule has 110 valence electrons. The molecule has 5 heteroatoms. The molecule has 1 fully saturated rings. The predicted octanol–water partition coefficient (Wildman–Crippen LogP) is 2.72. The molecule has 1 aliphatic rings. The minimum Gasteiger partial charge on any atom is -0.508 e. The number of carbonyl (C=O) groups excluding carboxylic acids is 1. The third kappa shape index (κ3) is 4.21. The topological polar surface area (TPSA) is 61.4 Å². The van der Waals surface area contributed by atoms with Gasteiger partial charge in [-0.2, -0.15) is 0 Å². The van der Waals surface area contributed by atoms with Crippen LogP contribution in [-0.2, 0) is 4.79 Å². The summed E-state index contributed by atoms with van der Waals surface area (Å²) in [7, 11) is 0. The van der Waals surface area contributed by atoms with E-state index in [9.17, 15) is 9.90 Å². The molecular formula is C15H21BrN2O2. The maximum atomic E-state index is 11.5. The van der Waals surface area contributed by atoms with E-state index in [0.29, 0.717) is 18.8 Å². The van der Waals surface area contributed by atoms with Crippen LogP contribution in [-0.4, -0.2) is 24.1 Å². The average molecular weight is 341 g/mol. The van der Waals surface area contributed by atoms with E-state index < -0.39 is 0 Å². The Bertz CT molecular complexity index is 475. The molecule has 1 aliphatic carbocycles. The number of carbonyl (C=O) groups is 1. The van der Waals surface area contributed by atoms with Crippen molar-refractivity contribution in [3.05, 3.63) is 28.2 Å². The van der Waals surface area contributed by atoms with Gasteiger partial charge in [0.05, 0.1) is 0 Å². The molecule has 0 aliphatic heterocycles. The van der Waals surface area contributed by atoms with E-state index in [1.807, 2.05) is 12.1 Å². The van der Waals surface area contributed by atoms with Crippen molar-refractivity contribution < 1.29 is 9.90 Å². The Labute approximate surface area is 128 Å². The Morgan fingerprint density at radius 3 is 2.85 bits per heavy atom. The lowest BCUT2D eigenvalue weighted by Crippen LogP contribution is -2.34. The van der Waals surface area contributed by atoms with Gasteiger partial charge in [0.1, 0.15) is 5.75 Å². The fraction of sp³-hybridized carbons (Fsp3) is 0.533. The fourth-order valence-corrected chi connectivity index (χ4v) is 2.58. The summed E-state index contributed by atoms with van der Waals surface area (Å²) in [5.74, 6) is 0.728. The van der Waals surface area contributed by atoms with Crippen molar-refractivity contribution in [1.29, 1.82) is 0 Å². The minimum atomic E-state index is 0.0883. The smallest absolute Gasteiger partial charge is 0.223 e. The summed E-state index contributed by atoms with van der Waals surface area (Å²) in [6.07, 6.45) is 2.94. The number of phenols is 1. The first kappa shape index (κ1) is 15.3. The first-order chi connectivity index (χ1) is 9.61. The Morgan fingerprint density at radius 2 is 2.20 bits per heavy atom. The Morgan fingerprint density at radius 1 is 1.45 bits per heavy atom. The Hall–Kier alpha value is -1.07. The first-order valence-electron chi connectivity index (χ1n) is 7.11. The van der Waals surface area contributed by atoms with E-state index in [1.54, 1.807) is 6.07 Å². The highest BCUT2D eigenvalue weighted by molar-refractivity contribution is 9.10. The van der Waals surface area contributed by atoms with Crippen molar-refractivity contribution in [1.82, 2.24) is 10.6 Å². The molecule has 1 aromatic rings. The molecule has 0 spiro atoms. The summed E-state index contributed by atoms with van der Waals surface area (Å²) in [5.41, 5.74) is 0.885. The fourth-order valence-electron chi connectivity index (χ4n) is 2.20. The summed E-state index contributed by atoms with van der Waals surface area (Å²) in [6.45, 7) is 3.39. The van der Waals surface area contributed by atoms with Crippen LogP contribution in [0.3, 0.4) is 0 Å². The van der Waals surface area contributed by atoms with Crippen molar-refractivity contribution >= 4 is 21.8 Å². The number of halogens is 1. The predicted molar refractivity (Wildman–Crippen MR) is 82.6 cm³/mol. The number of amides is 1. The number of rotatable bonds is 7. The highest BCUT2D eigenvalue weighted by Gasteiger charge is 2.29. The van der Waals surface area contributed by atoms with Gasteiger partial charge in [-0.05, 0) is 37.5 Å². The molecular weight excluding hydrogens is 320 g/mol. The monoisotopic (exact) mass is 340 g/mol. The summed E-state index contributed by atoms with van der Waals surface area (Å²) in [4.78, 5) is 11.5. The lowest BCUT2D eigenvalue weighted by atomic mass is 10.0. The van der Waals surface area contributed by atoms with Gasteiger partial charge in [-0.1, -0.05) is 22.9 Å². The number of hydrogen-bond donors (Lipinski definition) is 3. The second kappa shape index (κ2) is 7.09. The average Bonchev–Trinajstić information content (AvgIpc) is 3.26. The van der Waals surface area contributed by atoms with Gasteiger partial charge >= 0.3 is 0 Å². The molecule has 0 radical (unpaired) electrons. The van der Waals surface area contributed by atoms with Crippen LogP contribution in [0.1, 0.15) is 37.8 Å². The van der Waals surface area contributed by atoms with Gasteiger partial charge in [-0.3, -0.25) is 4.79 Å². The molecule has 0 saturated heterocycles. The van der Waals surface area contributed by atoms with Gasteiger partial charge in [-0.25, -0.2) is 0 Å². The van der Waals surface area contributed by atoms with Crippen LogP contribution < -0.4 is 10.6 Å². The maximum Gasteiger partial charge on any atom is 0.223 e. The van der Waals surface area contributed by atoms with Gasteiger partial charge in [-0.15, -0.1) is 0 Å². The summed E-state index contributed by atoms with van der Waals surface area (Å²) in [5, 5.41) is 16.2. The second-order valence-corrected chi connectivity index (χ2v) is 6.10. The molecule has 1 atom stereocenters. The van der Waals surface area contributed by atoms with E-state index in [4.69, 9.17) is 0 Å². The van der Waals surface area contributed by atoms with Crippen LogP contribution in [0.15, 0.2) is 22.7 Å². The van der Waals surface area contributed by atoms with Crippen molar-refractivity contribution in [2.45, 2.75) is 32.2 Å². The molecule has 20 heavy (non-hydrogen) atoms. The number of nitrogens with one attached hydrogen (secondary N) is 2. The highest BCUT2D eigenvalue weighted by atomic mass is 79.9. The van der Waals surface area contributed by atoms with Gasteiger partial charge in [0.15, 0.2) is 0 Å². The van der Waals surface area contributed by atoms with Gasteiger partial charge in [0.2, 0.25) is 5.91 Å². The van der Waals surface area contributed by atoms with Crippen molar-refractivity contribution in [2.24, 2.45) is 5.92 Å². The Kier molecular flexibility index (Phi) is 5.43. The zero-order valence-corrected chi connectivity index (χ0v) is 13.2. The number of aromatic hydroxyl groups is 1. The van der Waals surface area contributed by atoms with E-state index in [0.717, 1.165) is 29.3 Å². The van der Waals surface area contributed by atoms with Crippen molar-refractivity contribution in [2.75, 3.05) is 13.1 Å². The molecule has 1 amide bonds. The normalized spacial score (nSPS) is 15.9. The quantitative estimate of drug-likeness (QED) is 0.669. The zero-order chi connectivity index (χ0) is 14.5. The van der Waals surface area contributed by atoms with Crippen LogP contribution in [0.4, 0.5) is 0 Å². The summed E-state index contributed by atoms with van der Waals surface area (Å²) < 4.78 is 0.951. The van der Waals surface area contributed by atoms with Crippen LogP contribution in [0.5, 0.6) is 5.75 Å². The second-order valence-electron chi connectivity index (χ2n) is 5.18. The molecule has 0 aromatic heterocycles. The molecule has 0 heterocycles. The van der Waals surface area contributed by atoms with Gasteiger partial charge < -0.3 is 15.7 Å². The number of phenolic OH excluding ortho intramolecular Hbond substituents is 1. The van der Waals surface area contributed by atoms with Crippen LogP contribution in [0.2, 0.25) is 0 Å². The molecule has 1 aromatic carbocycles. The number of hydrogen-bond acceptors (Lipinski definition) is 3. The van der Waals surface area contributed by atoms with Gasteiger partial charge in [0, 0.05) is 35.1 Å². The molecule has 0 bridgehead atoms. The van der Waals surface area contributed by atoms with E-state index in [2.05, 4.69) is 33.5 Å². The zero-order valence-electron chi connectivity index (χ0n) is 11.7. The van der Waals surface area contributed by atoms with Crippen LogP contribution >= 0.6 is 15.9 Å². The molecule has 2 rings (SSSR count). The molecule has 4 nitrogen and oxygen atoms in total. The standard InChI is InChI=1S/C15H21BrN2O2/c1-2-13(12-9-11(16)5-6-14(12)19)17-7-8-18-15(20)10-3-4-10/h5-6,9-10,13,17,19H,2-4,7-8H2,1H3,(H,18,20). The first-order valence-corrected chi connectivity index (χ1v) is 7.90. The molecule has 1 saturated carbocycles. The van der Waals surface area contributed by atoms with E-state index >= 15 is 0 Å². The van der Waals surface area contributed by atoms with Crippen molar-refractivity contribution in [3.8, 4) is 5.75 Å². The van der Waals surface area contributed by atoms with E-state index in [-0.39, 0.29) is 17.9 Å². The third-order valence-electron chi connectivity index (χ3n) is 3.54. The number of benzene rings is 1. The van der Waals surface area contributed by atoms with E-state index in [1.165, 1.54) is 0 Å². The summed E-state index contributed by atoms with van der Waals surface area (Å²) in [6, 6.07) is 5.53. The largest absolute Gasteiger partial charge is 0.508 e. The van der Waals surface area contributed by atoms with Crippen LogP contribution in [0, 0.1) is 5.92 Å². The molecule has 3 N–H and O–H groups in total. The minimum absolute atomic E-state index is 0.0883. The molecule has 1 unspecified atom stereocenters.